The van der Waals surface area contributed by atoms with Gasteiger partial charge < -0.3 is 24.1 Å². The van der Waals surface area contributed by atoms with Gasteiger partial charge in [-0.15, -0.1) is 0 Å². The molecule has 0 bridgehead atoms. The summed E-state index contributed by atoms with van der Waals surface area (Å²) in [6, 6.07) is 2.95. The number of unbranched alkanes of at least 4 members (excludes halogenated alkanes) is 1. The number of benzene rings is 1. The standard InChI is InChI=1S/C14H18O6/c1-2-3-4-17-5-6-18-11-8-13-12(19-9-20-13)7-10(11)14(15)16/h7-8H,2-6,9H2,1H3,(H,15,16). The lowest BCUT2D eigenvalue weighted by Gasteiger charge is -2.10. The van der Waals surface area contributed by atoms with Crippen LogP contribution < -0.4 is 14.2 Å². The van der Waals surface area contributed by atoms with Gasteiger partial charge in [0.15, 0.2) is 11.5 Å². The summed E-state index contributed by atoms with van der Waals surface area (Å²) in [5.74, 6) is 0.122. The predicted molar refractivity (Wildman–Crippen MR) is 70.7 cm³/mol. The first kappa shape index (κ1) is 14.5. The molecule has 0 saturated heterocycles. The lowest BCUT2D eigenvalue weighted by Crippen LogP contribution is -2.10. The third kappa shape index (κ3) is 3.54. The third-order valence-corrected chi connectivity index (χ3v) is 2.83. The van der Waals surface area contributed by atoms with E-state index >= 15 is 0 Å². The first-order valence-corrected chi connectivity index (χ1v) is 6.60. The Kier molecular flexibility index (Phi) is 5.06. The minimum Gasteiger partial charge on any atom is -0.490 e. The Hall–Kier alpha value is -1.95. The highest BCUT2D eigenvalue weighted by molar-refractivity contribution is 5.92. The van der Waals surface area contributed by atoms with Gasteiger partial charge in [0.1, 0.15) is 17.9 Å². The van der Waals surface area contributed by atoms with Crippen molar-refractivity contribution in [1.29, 1.82) is 0 Å². The molecule has 1 aliphatic rings. The zero-order valence-corrected chi connectivity index (χ0v) is 11.4. The Bertz CT molecular complexity index is 471. The number of ether oxygens (including phenoxy) is 4. The second-order valence-electron chi connectivity index (χ2n) is 4.32. The molecule has 1 N–H and O–H groups in total. The number of carboxylic acid groups (broad SMARTS) is 1. The van der Waals surface area contributed by atoms with Gasteiger partial charge in [0.2, 0.25) is 6.79 Å². The van der Waals surface area contributed by atoms with Gasteiger partial charge in [0, 0.05) is 18.7 Å². The molecule has 1 aromatic rings. The molecule has 0 radical (unpaired) electrons. The van der Waals surface area contributed by atoms with Crippen molar-refractivity contribution in [2.75, 3.05) is 26.6 Å². The summed E-state index contributed by atoms with van der Waals surface area (Å²) < 4.78 is 21.2. The van der Waals surface area contributed by atoms with Gasteiger partial charge >= 0.3 is 5.97 Å². The molecule has 0 fully saturated rings. The SMILES string of the molecule is CCCCOCCOc1cc2c(cc1C(=O)O)OCO2. The molecule has 0 atom stereocenters. The van der Waals surface area contributed by atoms with Gasteiger partial charge in [-0.2, -0.15) is 0 Å². The Labute approximate surface area is 117 Å². The van der Waals surface area contributed by atoms with E-state index in [0.29, 0.717) is 31.3 Å². The topological polar surface area (TPSA) is 74.2 Å². The fourth-order valence-electron chi connectivity index (χ4n) is 1.77. The second-order valence-corrected chi connectivity index (χ2v) is 4.32. The molecular formula is C14H18O6. The van der Waals surface area contributed by atoms with Crippen molar-refractivity contribution in [1.82, 2.24) is 0 Å². The average Bonchev–Trinajstić information content (AvgIpc) is 2.88. The molecule has 0 spiro atoms. The summed E-state index contributed by atoms with van der Waals surface area (Å²) in [6.07, 6.45) is 2.08. The first-order chi connectivity index (χ1) is 9.72. The molecular weight excluding hydrogens is 264 g/mol. The summed E-state index contributed by atoms with van der Waals surface area (Å²) in [4.78, 5) is 11.2. The van der Waals surface area contributed by atoms with Gasteiger partial charge in [0.05, 0.1) is 6.61 Å². The molecule has 20 heavy (non-hydrogen) atoms. The van der Waals surface area contributed by atoms with E-state index in [1.165, 1.54) is 12.1 Å². The predicted octanol–water partition coefficient (Wildman–Crippen LogP) is 2.31. The van der Waals surface area contributed by atoms with Crippen molar-refractivity contribution in [3.8, 4) is 17.2 Å². The Morgan fingerprint density at radius 2 is 2.00 bits per heavy atom. The zero-order chi connectivity index (χ0) is 14.4. The molecule has 6 heteroatoms. The van der Waals surface area contributed by atoms with Crippen molar-refractivity contribution in [2.45, 2.75) is 19.8 Å². The maximum Gasteiger partial charge on any atom is 0.339 e. The molecule has 0 aromatic heterocycles. The smallest absolute Gasteiger partial charge is 0.339 e. The zero-order valence-electron chi connectivity index (χ0n) is 11.4. The van der Waals surface area contributed by atoms with E-state index in [1.54, 1.807) is 0 Å². The number of rotatable bonds is 8. The largest absolute Gasteiger partial charge is 0.490 e. The fraction of sp³-hybridized carbons (Fsp3) is 0.500. The molecule has 1 heterocycles. The van der Waals surface area contributed by atoms with Gasteiger partial charge in [-0.3, -0.25) is 0 Å². The normalized spacial score (nSPS) is 12.4. The Morgan fingerprint density at radius 1 is 1.25 bits per heavy atom. The van der Waals surface area contributed by atoms with Crippen molar-refractivity contribution >= 4 is 5.97 Å². The molecule has 6 nitrogen and oxygen atoms in total. The lowest BCUT2D eigenvalue weighted by atomic mass is 10.2. The monoisotopic (exact) mass is 282 g/mol. The highest BCUT2D eigenvalue weighted by Gasteiger charge is 2.21. The number of hydrogen-bond donors (Lipinski definition) is 1. The maximum absolute atomic E-state index is 11.2. The number of carboxylic acids is 1. The lowest BCUT2D eigenvalue weighted by molar-refractivity contribution is 0.0684. The van der Waals surface area contributed by atoms with E-state index in [-0.39, 0.29) is 18.1 Å². The van der Waals surface area contributed by atoms with Gasteiger partial charge in [-0.25, -0.2) is 4.79 Å². The number of aromatic carboxylic acids is 1. The second kappa shape index (κ2) is 7.00. The van der Waals surface area contributed by atoms with Crippen LogP contribution in [0.2, 0.25) is 0 Å². The molecule has 0 saturated carbocycles. The molecule has 0 aliphatic carbocycles. The van der Waals surface area contributed by atoms with Crippen LogP contribution in [-0.4, -0.2) is 37.7 Å². The van der Waals surface area contributed by atoms with E-state index in [9.17, 15) is 4.79 Å². The van der Waals surface area contributed by atoms with Crippen LogP contribution in [0.5, 0.6) is 17.2 Å². The van der Waals surface area contributed by atoms with Crippen molar-refractivity contribution in [3.05, 3.63) is 17.7 Å². The molecule has 1 aromatic carbocycles. The summed E-state index contributed by atoms with van der Waals surface area (Å²) in [6.45, 7) is 3.59. The van der Waals surface area contributed by atoms with Crippen LogP contribution in [0.3, 0.4) is 0 Å². The first-order valence-electron chi connectivity index (χ1n) is 6.60. The Morgan fingerprint density at radius 3 is 2.70 bits per heavy atom. The number of hydrogen-bond acceptors (Lipinski definition) is 5. The minimum atomic E-state index is -1.06. The van der Waals surface area contributed by atoms with Crippen molar-refractivity contribution in [3.63, 3.8) is 0 Å². The fourth-order valence-corrected chi connectivity index (χ4v) is 1.77. The van der Waals surface area contributed by atoms with Gasteiger partial charge in [0.25, 0.3) is 0 Å². The van der Waals surface area contributed by atoms with E-state index in [1.807, 2.05) is 0 Å². The van der Waals surface area contributed by atoms with E-state index in [4.69, 9.17) is 24.1 Å². The molecule has 2 rings (SSSR count). The van der Waals surface area contributed by atoms with Gasteiger partial charge in [-0.05, 0) is 6.42 Å². The van der Waals surface area contributed by atoms with Crippen LogP contribution in [-0.2, 0) is 4.74 Å². The Balaban J connectivity index is 1.94. The average molecular weight is 282 g/mol. The summed E-state index contributed by atoms with van der Waals surface area (Å²) >= 11 is 0. The number of carbonyl (C=O) groups is 1. The van der Waals surface area contributed by atoms with E-state index in [0.717, 1.165) is 12.8 Å². The molecule has 0 amide bonds. The van der Waals surface area contributed by atoms with Crippen LogP contribution in [0.15, 0.2) is 12.1 Å². The van der Waals surface area contributed by atoms with Crippen molar-refractivity contribution in [2.24, 2.45) is 0 Å². The van der Waals surface area contributed by atoms with E-state index in [2.05, 4.69) is 6.92 Å². The highest BCUT2D eigenvalue weighted by atomic mass is 16.7. The summed E-state index contributed by atoms with van der Waals surface area (Å²) in [5.41, 5.74) is 0.0582. The van der Waals surface area contributed by atoms with Crippen LogP contribution >= 0.6 is 0 Å². The van der Waals surface area contributed by atoms with Crippen molar-refractivity contribution < 1.29 is 28.8 Å². The number of fused-ring (bicyclic) bond motifs is 1. The molecule has 0 unspecified atom stereocenters. The van der Waals surface area contributed by atoms with Gasteiger partial charge in [-0.1, -0.05) is 13.3 Å². The quantitative estimate of drug-likeness (QED) is 0.737. The summed E-state index contributed by atoms with van der Waals surface area (Å²) in [7, 11) is 0. The van der Waals surface area contributed by atoms with Crippen LogP contribution in [0.4, 0.5) is 0 Å². The maximum atomic E-state index is 11.2. The summed E-state index contributed by atoms with van der Waals surface area (Å²) in [5, 5.41) is 9.16. The van der Waals surface area contributed by atoms with Crippen LogP contribution in [0, 0.1) is 0 Å². The van der Waals surface area contributed by atoms with Crippen LogP contribution in [0.25, 0.3) is 0 Å². The highest BCUT2D eigenvalue weighted by Crippen LogP contribution is 2.38. The van der Waals surface area contributed by atoms with Crippen LogP contribution in [0.1, 0.15) is 30.1 Å². The minimum absolute atomic E-state index is 0.0582. The third-order valence-electron chi connectivity index (χ3n) is 2.83. The molecule has 1 aliphatic heterocycles. The molecule has 110 valence electrons. The van der Waals surface area contributed by atoms with E-state index < -0.39 is 5.97 Å².